The van der Waals surface area contributed by atoms with Gasteiger partial charge in [-0.3, -0.25) is 4.79 Å². The third-order valence-electron chi connectivity index (χ3n) is 4.07. The Labute approximate surface area is 120 Å². The summed E-state index contributed by atoms with van der Waals surface area (Å²) in [6, 6.07) is 7.11. The Morgan fingerprint density at radius 1 is 1.35 bits per heavy atom. The van der Waals surface area contributed by atoms with E-state index < -0.39 is 0 Å². The number of carbonyl (C=O) groups is 1. The molecule has 0 radical (unpaired) electrons. The first-order valence-corrected chi connectivity index (χ1v) is 7.13. The molecule has 0 amide bonds. The number of carbonyl (C=O) groups excluding carboxylic acids is 1. The predicted molar refractivity (Wildman–Crippen MR) is 77.8 cm³/mol. The summed E-state index contributed by atoms with van der Waals surface area (Å²) in [5.74, 6) is 0.530. The average molecular weight is 271 g/mol. The SMILES string of the molecule is CC(=O)c1ccc(C#N)cc1OC1CCC(C)(C)CC1. The van der Waals surface area contributed by atoms with Gasteiger partial charge in [-0.25, -0.2) is 0 Å². The van der Waals surface area contributed by atoms with E-state index in [-0.39, 0.29) is 11.9 Å². The van der Waals surface area contributed by atoms with Crippen molar-refractivity contribution in [2.24, 2.45) is 5.41 Å². The van der Waals surface area contributed by atoms with E-state index in [9.17, 15) is 4.79 Å². The monoisotopic (exact) mass is 271 g/mol. The van der Waals surface area contributed by atoms with Gasteiger partial charge in [0, 0.05) is 0 Å². The lowest BCUT2D eigenvalue weighted by atomic mass is 9.76. The summed E-state index contributed by atoms with van der Waals surface area (Å²) in [4.78, 5) is 11.6. The highest BCUT2D eigenvalue weighted by Gasteiger charge is 2.28. The highest BCUT2D eigenvalue weighted by atomic mass is 16.5. The van der Waals surface area contributed by atoms with Crippen LogP contribution >= 0.6 is 0 Å². The Balaban J connectivity index is 2.16. The van der Waals surface area contributed by atoms with Gasteiger partial charge in [0.2, 0.25) is 0 Å². The van der Waals surface area contributed by atoms with Gasteiger partial charge in [-0.2, -0.15) is 5.26 Å². The van der Waals surface area contributed by atoms with Gasteiger partial charge in [0.1, 0.15) is 5.75 Å². The molecule has 0 N–H and O–H groups in total. The minimum atomic E-state index is -0.0272. The van der Waals surface area contributed by atoms with Crippen molar-refractivity contribution in [3.63, 3.8) is 0 Å². The number of rotatable bonds is 3. The molecule has 0 aliphatic heterocycles. The Morgan fingerprint density at radius 2 is 2.00 bits per heavy atom. The molecule has 3 heteroatoms. The fourth-order valence-electron chi connectivity index (χ4n) is 2.65. The largest absolute Gasteiger partial charge is 0.490 e. The second-order valence-corrected chi connectivity index (χ2v) is 6.36. The van der Waals surface area contributed by atoms with Crippen molar-refractivity contribution in [1.29, 1.82) is 5.26 Å². The second kappa shape index (κ2) is 5.66. The molecule has 3 nitrogen and oxygen atoms in total. The molecule has 0 unspecified atom stereocenters. The molecule has 1 fully saturated rings. The van der Waals surface area contributed by atoms with Gasteiger partial charge in [0.15, 0.2) is 5.78 Å². The summed E-state index contributed by atoms with van der Waals surface area (Å²) in [5.41, 5.74) is 1.48. The lowest BCUT2D eigenvalue weighted by molar-refractivity contribution is 0.0929. The van der Waals surface area contributed by atoms with E-state index in [1.807, 2.05) is 0 Å². The van der Waals surface area contributed by atoms with Crippen LogP contribution in [0.3, 0.4) is 0 Å². The highest BCUT2D eigenvalue weighted by molar-refractivity contribution is 5.97. The van der Waals surface area contributed by atoms with E-state index in [2.05, 4.69) is 19.9 Å². The zero-order valence-corrected chi connectivity index (χ0v) is 12.4. The van der Waals surface area contributed by atoms with Crippen LogP contribution in [0.2, 0.25) is 0 Å². The van der Waals surface area contributed by atoms with Crippen LogP contribution in [0.15, 0.2) is 18.2 Å². The summed E-state index contributed by atoms with van der Waals surface area (Å²) >= 11 is 0. The molecule has 1 aliphatic rings. The Bertz CT molecular complexity index is 545. The van der Waals surface area contributed by atoms with Crippen LogP contribution in [0, 0.1) is 16.7 Å². The van der Waals surface area contributed by atoms with E-state index in [0.29, 0.717) is 22.3 Å². The van der Waals surface area contributed by atoms with Crippen molar-refractivity contribution in [1.82, 2.24) is 0 Å². The molecular weight excluding hydrogens is 250 g/mol. The molecule has 1 aliphatic carbocycles. The van der Waals surface area contributed by atoms with Crippen molar-refractivity contribution < 1.29 is 9.53 Å². The zero-order chi connectivity index (χ0) is 14.8. The maximum absolute atomic E-state index is 11.6. The summed E-state index contributed by atoms with van der Waals surface area (Å²) < 4.78 is 6.01. The maximum atomic E-state index is 11.6. The molecule has 106 valence electrons. The quantitative estimate of drug-likeness (QED) is 0.777. The summed E-state index contributed by atoms with van der Waals surface area (Å²) in [7, 11) is 0. The summed E-state index contributed by atoms with van der Waals surface area (Å²) in [6.07, 6.45) is 4.41. The number of ketones is 1. The van der Waals surface area contributed by atoms with Crippen LogP contribution < -0.4 is 4.74 Å². The van der Waals surface area contributed by atoms with Crippen molar-refractivity contribution in [2.45, 2.75) is 52.6 Å². The van der Waals surface area contributed by atoms with Gasteiger partial charge < -0.3 is 4.74 Å². The van der Waals surface area contributed by atoms with Crippen molar-refractivity contribution in [2.75, 3.05) is 0 Å². The minimum absolute atomic E-state index is 0.0272. The van der Waals surface area contributed by atoms with Crippen LogP contribution in [-0.4, -0.2) is 11.9 Å². The van der Waals surface area contributed by atoms with Gasteiger partial charge in [0.05, 0.1) is 23.3 Å². The van der Waals surface area contributed by atoms with E-state index in [0.717, 1.165) is 25.7 Å². The number of benzene rings is 1. The van der Waals surface area contributed by atoms with Crippen LogP contribution in [0.1, 0.15) is 62.4 Å². The molecule has 20 heavy (non-hydrogen) atoms. The number of Topliss-reactive ketones (excluding diaryl/α,β-unsaturated/α-hetero) is 1. The van der Waals surface area contributed by atoms with Crippen LogP contribution in [0.25, 0.3) is 0 Å². The van der Waals surface area contributed by atoms with Crippen molar-refractivity contribution in [3.8, 4) is 11.8 Å². The fourth-order valence-corrected chi connectivity index (χ4v) is 2.65. The third kappa shape index (κ3) is 3.39. The Kier molecular flexibility index (Phi) is 4.13. The standard InChI is InChI=1S/C17H21NO2/c1-12(19)15-5-4-13(11-18)10-16(15)20-14-6-8-17(2,3)9-7-14/h4-5,10,14H,6-9H2,1-3H3. The molecule has 0 heterocycles. The summed E-state index contributed by atoms with van der Waals surface area (Å²) in [6.45, 7) is 6.08. The third-order valence-corrected chi connectivity index (χ3v) is 4.07. The zero-order valence-electron chi connectivity index (χ0n) is 12.4. The molecule has 2 rings (SSSR count). The smallest absolute Gasteiger partial charge is 0.163 e. The van der Waals surface area contributed by atoms with Gasteiger partial charge in [-0.15, -0.1) is 0 Å². The van der Waals surface area contributed by atoms with Gasteiger partial charge in [0.25, 0.3) is 0 Å². The van der Waals surface area contributed by atoms with Crippen LogP contribution in [0.4, 0.5) is 0 Å². The van der Waals surface area contributed by atoms with E-state index in [4.69, 9.17) is 10.00 Å². The normalized spacial score (nSPS) is 18.3. The molecule has 0 bridgehead atoms. The fraction of sp³-hybridized carbons (Fsp3) is 0.529. The number of nitrogens with zero attached hydrogens (tertiary/aromatic N) is 1. The number of hydrogen-bond acceptors (Lipinski definition) is 3. The number of hydrogen-bond donors (Lipinski definition) is 0. The van der Waals surface area contributed by atoms with Crippen LogP contribution in [-0.2, 0) is 0 Å². The van der Waals surface area contributed by atoms with Crippen molar-refractivity contribution >= 4 is 5.78 Å². The van der Waals surface area contributed by atoms with E-state index in [1.165, 1.54) is 6.92 Å². The maximum Gasteiger partial charge on any atom is 0.163 e. The average Bonchev–Trinajstić information content (AvgIpc) is 2.40. The lowest BCUT2D eigenvalue weighted by Crippen LogP contribution is -2.28. The molecular formula is C17H21NO2. The van der Waals surface area contributed by atoms with Crippen LogP contribution in [0.5, 0.6) is 5.75 Å². The highest BCUT2D eigenvalue weighted by Crippen LogP contribution is 2.37. The first kappa shape index (κ1) is 14.6. The van der Waals surface area contributed by atoms with E-state index in [1.54, 1.807) is 18.2 Å². The first-order valence-electron chi connectivity index (χ1n) is 7.13. The van der Waals surface area contributed by atoms with E-state index >= 15 is 0 Å². The van der Waals surface area contributed by atoms with Gasteiger partial charge >= 0.3 is 0 Å². The lowest BCUT2D eigenvalue weighted by Gasteiger charge is -2.34. The molecule has 0 atom stereocenters. The molecule has 1 saturated carbocycles. The second-order valence-electron chi connectivity index (χ2n) is 6.36. The van der Waals surface area contributed by atoms with Crippen molar-refractivity contribution in [3.05, 3.63) is 29.3 Å². The molecule has 0 spiro atoms. The first-order chi connectivity index (χ1) is 9.41. The molecule has 0 aromatic heterocycles. The minimum Gasteiger partial charge on any atom is -0.490 e. The van der Waals surface area contributed by atoms with Gasteiger partial charge in [-0.1, -0.05) is 13.8 Å². The Hall–Kier alpha value is -1.82. The number of nitriles is 1. The molecule has 0 saturated heterocycles. The predicted octanol–water partition coefficient (Wildman–Crippen LogP) is 4.11. The topological polar surface area (TPSA) is 50.1 Å². The van der Waals surface area contributed by atoms with Gasteiger partial charge in [-0.05, 0) is 56.2 Å². The number of ether oxygens (including phenoxy) is 1. The summed E-state index contributed by atoms with van der Waals surface area (Å²) in [5, 5.41) is 8.98. The Morgan fingerprint density at radius 3 is 2.55 bits per heavy atom. The molecule has 1 aromatic rings. The molecule has 1 aromatic carbocycles.